The maximum absolute atomic E-state index is 4.87. The molecule has 6 nitrogen and oxygen atoms in total. The first-order valence-corrected chi connectivity index (χ1v) is 10.4. The number of aryl methyl sites for hydroxylation is 1. The molecule has 0 saturated heterocycles. The molecule has 1 aromatic rings. The van der Waals surface area contributed by atoms with Crippen molar-refractivity contribution in [3.63, 3.8) is 0 Å². The summed E-state index contributed by atoms with van der Waals surface area (Å²) in [5.41, 5.74) is 0. The van der Waals surface area contributed by atoms with Crippen LogP contribution in [0.5, 0.6) is 0 Å². The van der Waals surface area contributed by atoms with Crippen molar-refractivity contribution < 1.29 is 0 Å². The molecule has 2 saturated carbocycles. The Bertz CT molecular complexity index is 599. The highest BCUT2D eigenvalue weighted by Gasteiger charge is 2.25. The maximum atomic E-state index is 4.87. The summed E-state index contributed by atoms with van der Waals surface area (Å²) < 4.78 is 2.02. The SMILES string of the molecule is Cc1nnc(CN=C(NC2CCCC2)NC2CCCC(C(C)C)C2)n1C. The van der Waals surface area contributed by atoms with E-state index in [1.807, 2.05) is 18.5 Å². The van der Waals surface area contributed by atoms with E-state index in [2.05, 4.69) is 34.7 Å². The predicted molar refractivity (Wildman–Crippen MR) is 106 cm³/mol. The summed E-state index contributed by atoms with van der Waals surface area (Å²) in [7, 11) is 2.01. The van der Waals surface area contributed by atoms with Gasteiger partial charge in [0.2, 0.25) is 0 Å². The van der Waals surface area contributed by atoms with Crippen molar-refractivity contribution >= 4 is 5.96 Å². The molecule has 0 spiro atoms. The van der Waals surface area contributed by atoms with E-state index in [-0.39, 0.29) is 0 Å². The lowest BCUT2D eigenvalue weighted by molar-refractivity contribution is 0.244. The first-order chi connectivity index (χ1) is 12.5. The average Bonchev–Trinajstić information content (AvgIpc) is 3.24. The molecule has 2 fully saturated rings. The van der Waals surface area contributed by atoms with Crippen LogP contribution in [0, 0.1) is 18.8 Å². The highest BCUT2D eigenvalue weighted by molar-refractivity contribution is 5.80. The number of nitrogens with zero attached hydrogens (tertiary/aromatic N) is 4. The lowest BCUT2D eigenvalue weighted by atomic mass is 9.79. The number of aromatic nitrogens is 3. The molecule has 2 aliphatic rings. The Labute approximate surface area is 158 Å². The van der Waals surface area contributed by atoms with Gasteiger partial charge in [-0.3, -0.25) is 0 Å². The number of hydrogen-bond donors (Lipinski definition) is 2. The van der Waals surface area contributed by atoms with Crippen LogP contribution < -0.4 is 10.6 Å². The third-order valence-electron chi connectivity index (χ3n) is 6.26. The summed E-state index contributed by atoms with van der Waals surface area (Å²) in [6.07, 6.45) is 10.4. The molecule has 0 aromatic carbocycles. The number of hydrogen-bond acceptors (Lipinski definition) is 3. The van der Waals surface area contributed by atoms with Gasteiger partial charge in [0, 0.05) is 19.1 Å². The van der Waals surface area contributed by atoms with E-state index in [0.29, 0.717) is 18.6 Å². The second-order valence-corrected chi connectivity index (χ2v) is 8.52. The molecular weight excluding hydrogens is 324 g/mol. The first-order valence-electron chi connectivity index (χ1n) is 10.4. The first kappa shape index (κ1) is 19.2. The van der Waals surface area contributed by atoms with Crippen LogP contribution in [0.1, 0.15) is 76.9 Å². The third kappa shape index (κ3) is 4.98. The molecule has 2 aliphatic carbocycles. The molecular formula is C20H36N6. The second kappa shape index (κ2) is 8.87. The molecule has 0 aliphatic heterocycles. The Morgan fingerprint density at radius 3 is 2.42 bits per heavy atom. The summed E-state index contributed by atoms with van der Waals surface area (Å²) in [5.74, 6) is 4.41. The molecule has 1 heterocycles. The van der Waals surface area contributed by atoms with Gasteiger partial charge in [-0.05, 0) is 44.4 Å². The lowest BCUT2D eigenvalue weighted by Gasteiger charge is -2.33. The van der Waals surface area contributed by atoms with Crippen LogP contribution in [0.15, 0.2) is 4.99 Å². The molecule has 1 aromatic heterocycles. The minimum Gasteiger partial charge on any atom is -0.354 e. The standard InChI is InChI=1S/C20H36N6/c1-14(2)16-8-7-11-18(12-16)23-20(22-17-9-5-6-10-17)21-13-19-25-24-15(3)26(19)4/h14,16-18H,5-13H2,1-4H3,(H2,21,22,23). The van der Waals surface area contributed by atoms with E-state index >= 15 is 0 Å². The summed E-state index contributed by atoms with van der Waals surface area (Å²) in [5, 5.41) is 15.8. The fourth-order valence-corrected chi connectivity index (χ4v) is 4.29. The predicted octanol–water partition coefficient (Wildman–Crippen LogP) is 3.32. The monoisotopic (exact) mass is 360 g/mol. The van der Waals surface area contributed by atoms with E-state index < -0.39 is 0 Å². The van der Waals surface area contributed by atoms with Crippen LogP contribution in [0.25, 0.3) is 0 Å². The van der Waals surface area contributed by atoms with E-state index in [4.69, 9.17) is 4.99 Å². The van der Waals surface area contributed by atoms with Crippen molar-refractivity contribution in [2.75, 3.05) is 0 Å². The van der Waals surface area contributed by atoms with Crippen LogP contribution in [-0.2, 0) is 13.6 Å². The molecule has 146 valence electrons. The molecule has 26 heavy (non-hydrogen) atoms. The highest BCUT2D eigenvalue weighted by atomic mass is 15.3. The van der Waals surface area contributed by atoms with Gasteiger partial charge in [0.15, 0.2) is 11.8 Å². The van der Waals surface area contributed by atoms with Crippen LogP contribution in [0.4, 0.5) is 0 Å². The molecule has 0 radical (unpaired) electrons. The van der Waals surface area contributed by atoms with Crippen molar-refractivity contribution in [3.8, 4) is 0 Å². The quantitative estimate of drug-likeness (QED) is 0.624. The Kier molecular flexibility index (Phi) is 6.54. The van der Waals surface area contributed by atoms with Gasteiger partial charge >= 0.3 is 0 Å². The third-order valence-corrected chi connectivity index (χ3v) is 6.26. The fraction of sp³-hybridized carbons (Fsp3) is 0.850. The van der Waals surface area contributed by atoms with Crippen LogP contribution >= 0.6 is 0 Å². The number of guanidine groups is 1. The summed E-state index contributed by atoms with van der Waals surface area (Å²) in [4.78, 5) is 4.87. The second-order valence-electron chi connectivity index (χ2n) is 8.52. The smallest absolute Gasteiger partial charge is 0.192 e. The van der Waals surface area contributed by atoms with Crippen LogP contribution in [-0.4, -0.2) is 32.8 Å². The van der Waals surface area contributed by atoms with Crippen molar-refractivity contribution in [3.05, 3.63) is 11.6 Å². The Hall–Kier alpha value is -1.59. The normalized spacial score (nSPS) is 25.0. The van der Waals surface area contributed by atoms with Crippen molar-refractivity contribution in [1.82, 2.24) is 25.4 Å². The lowest BCUT2D eigenvalue weighted by Crippen LogP contribution is -2.48. The van der Waals surface area contributed by atoms with Gasteiger partial charge in [-0.1, -0.05) is 39.5 Å². The van der Waals surface area contributed by atoms with Gasteiger partial charge in [-0.2, -0.15) is 0 Å². The zero-order valence-corrected chi connectivity index (χ0v) is 17.0. The highest BCUT2D eigenvalue weighted by Crippen LogP contribution is 2.30. The summed E-state index contributed by atoms with van der Waals surface area (Å²) in [6.45, 7) is 7.26. The maximum Gasteiger partial charge on any atom is 0.192 e. The molecule has 2 N–H and O–H groups in total. The van der Waals surface area contributed by atoms with E-state index in [9.17, 15) is 0 Å². The molecule has 6 heteroatoms. The molecule has 3 rings (SSSR count). The zero-order valence-electron chi connectivity index (χ0n) is 17.0. The fourth-order valence-electron chi connectivity index (χ4n) is 4.29. The van der Waals surface area contributed by atoms with Crippen molar-refractivity contribution in [2.45, 2.75) is 90.8 Å². The van der Waals surface area contributed by atoms with Gasteiger partial charge in [-0.15, -0.1) is 10.2 Å². The van der Waals surface area contributed by atoms with E-state index in [1.165, 1.54) is 51.4 Å². The number of rotatable bonds is 5. The number of aliphatic imine (C=N–C) groups is 1. The van der Waals surface area contributed by atoms with E-state index in [1.54, 1.807) is 0 Å². The van der Waals surface area contributed by atoms with Crippen molar-refractivity contribution in [1.29, 1.82) is 0 Å². The summed E-state index contributed by atoms with van der Waals surface area (Å²) >= 11 is 0. The minimum absolute atomic E-state index is 0.532. The van der Waals surface area contributed by atoms with Gasteiger partial charge in [0.05, 0.1) is 0 Å². The Morgan fingerprint density at radius 1 is 1.08 bits per heavy atom. The number of nitrogens with one attached hydrogen (secondary N) is 2. The molecule has 2 atom stereocenters. The molecule has 0 amide bonds. The Balaban J connectivity index is 1.66. The molecule has 0 bridgehead atoms. The van der Waals surface area contributed by atoms with Gasteiger partial charge in [-0.25, -0.2) is 4.99 Å². The summed E-state index contributed by atoms with van der Waals surface area (Å²) in [6, 6.07) is 1.09. The average molecular weight is 361 g/mol. The zero-order chi connectivity index (χ0) is 18.5. The largest absolute Gasteiger partial charge is 0.354 e. The van der Waals surface area contributed by atoms with Crippen LogP contribution in [0.2, 0.25) is 0 Å². The van der Waals surface area contributed by atoms with Gasteiger partial charge in [0.25, 0.3) is 0 Å². The minimum atomic E-state index is 0.532. The van der Waals surface area contributed by atoms with E-state index in [0.717, 1.165) is 29.4 Å². The van der Waals surface area contributed by atoms with Crippen LogP contribution in [0.3, 0.4) is 0 Å². The topological polar surface area (TPSA) is 67.1 Å². The van der Waals surface area contributed by atoms with Gasteiger partial charge < -0.3 is 15.2 Å². The Morgan fingerprint density at radius 2 is 1.77 bits per heavy atom. The molecule has 2 unspecified atom stereocenters. The van der Waals surface area contributed by atoms with Crippen molar-refractivity contribution in [2.24, 2.45) is 23.9 Å². The van der Waals surface area contributed by atoms with Gasteiger partial charge in [0.1, 0.15) is 12.4 Å².